The smallest absolute Gasteiger partial charge is 0.151 e. The van der Waals surface area contributed by atoms with Gasteiger partial charge in [0.25, 0.3) is 0 Å². The van der Waals surface area contributed by atoms with Gasteiger partial charge in [-0.25, -0.2) is 9.97 Å². The highest BCUT2D eigenvalue weighted by Gasteiger charge is 2.26. The van der Waals surface area contributed by atoms with E-state index in [0.29, 0.717) is 6.04 Å². The zero-order valence-corrected chi connectivity index (χ0v) is 15.9. The minimum atomic E-state index is 0.406. The lowest BCUT2D eigenvalue weighted by Crippen LogP contribution is -2.47. The van der Waals surface area contributed by atoms with Gasteiger partial charge in [0.2, 0.25) is 0 Å². The van der Waals surface area contributed by atoms with Crippen molar-refractivity contribution < 1.29 is 0 Å². The number of aryl methyl sites for hydroxylation is 2. The van der Waals surface area contributed by atoms with Crippen molar-refractivity contribution in [1.82, 2.24) is 20.2 Å². The van der Waals surface area contributed by atoms with Gasteiger partial charge in [0.05, 0.1) is 5.69 Å². The second kappa shape index (κ2) is 7.05. The maximum Gasteiger partial charge on any atom is 0.151 e. The largest absolute Gasteiger partial charge is 0.363 e. The highest BCUT2D eigenvalue weighted by molar-refractivity contribution is 5.50. The molecule has 138 valence electrons. The van der Waals surface area contributed by atoms with E-state index in [0.717, 1.165) is 56.2 Å². The maximum absolute atomic E-state index is 4.50. The van der Waals surface area contributed by atoms with Crippen LogP contribution < -0.4 is 14.7 Å². The highest BCUT2D eigenvalue weighted by atomic mass is 15.3. The number of hydrogen-bond donors (Lipinski definition) is 0. The van der Waals surface area contributed by atoms with Gasteiger partial charge >= 0.3 is 0 Å². The van der Waals surface area contributed by atoms with Crippen LogP contribution in [0, 0.1) is 0 Å². The van der Waals surface area contributed by atoms with Gasteiger partial charge in [-0.15, -0.1) is 5.10 Å². The first kappa shape index (κ1) is 17.0. The van der Waals surface area contributed by atoms with E-state index in [2.05, 4.69) is 43.1 Å². The first-order valence-electron chi connectivity index (χ1n) is 9.44. The third-order valence-electron chi connectivity index (χ3n) is 5.53. The molecule has 7 heteroatoms. The minimum Gasteiger partial charge on any atom is -0.363 e. The van der Waals surface area contributed by atoms with Gasteiger partial charge < -0.3 is 14.7 Å². The minimum absolute atomic E-state index is 0.406. The van der Waals surface area contributed by atoms with E-state index in [1.54, 1.807) is 6.33 Å². The summed E-state index contributed by atoms with van der Waals surface area (Å²) in [4.78, 5) is 15.5. The monoisotopic (exact) mass is 353 g/mol. The molecule has 0 bridgehead atoms. The SMILES string of the molecule is CN(C)c1cc(N(C)C2CCCN(c3cc4c(nn3)CCC4)C2)ncn1. The first-order chi connectivity index (χ1) is 12.6. The molecule has 1 unspecified atom stereocenters. The van der Waals surface area contributed by atoms with Crippen molar-refractivity contribution in [2.24, 2.45) is 0 Å². The molecule has 26 heavy (non-hydrogen) atoms. The van der Waals surface area contributed by atoms with Crippen molar-refractivity contribution in [3.05, 3.63) is 29.7 Å². The van der Waals surface area contributed by atoms with Crippen LogP contribution in [0.2, 0.25) is 0 Å². The van der Waals surface area contributed by atoms with Crippen LogP contribution >= 0.6 is 0 Å². The molecule has 1 saturated heterocycles. The summed E-state index contributed by atoms with van der Waals surface area (Å²) in [5, 5.41) is 8.97. The van der Waals surface area contributed by atoms with E-state index < -0.39 is 0 Å². The third-order valence-corrected chi connectivity index (χ3v) is 5.53. The van der Waals surface area contributed by atoms with Crippen molar-refractivity contribution in [3.8, 4) is 0 Å². The van der Waals surface area contributed by atoms with E-state index in [1.165, 1.54) is 17.7 Å². The quantitative estimate of drug-likeness (QED) is 0.832. The number of likely N-dealkylation sites (N-methyl/N-ethyl adjacent to an activating group) is 1. The Hall–Kier alpha value is -2.44. The van der Waals surface area contributed by atoms with Crippen LogP contribution in [0.4, 0.5) is 17.5 Å². The predicted octanol–water partition coefficient (Wildman–Crippen LogP) is 1.93. The molecule has 2 aromatic rings. The van der Waals surface area contributed by atoms with Crippen molar-refractivity contribution in [2.75, 3.05) is 48.9 Å². The van der Waals surface area contributed by atoms with Crippen LogP contribution in [-0.4, -0.2) is 60.4 Å². The maximum atomic E-state index is 4.50. The number of anilines is 3. The first-order valence-corrected chi connectivity index (χ1v) is 9.44. The van der Waals surface area contributed by atoms with Gasteiger partial charge in [-0.2, -0.15) is 5.10 Å². The molecule has 1 aliphatic carbocycles. The molecule has 0 amide bonds. The highest BCUT2D eigenvalue weighted by Crippen LogP contribution is 2.27. The second-order valence-electron chi connectivity index (χ2n) is 7.51. The molecule has 0 spiro atoms. The Bertz CT molecular complexity index is 776. The number of aromatic nitrogens is 4. The third kappa shape index (κ3) is 3.30. The molecule has 1 aliphatic heterocycles. The summed E-state index contributed by atoms with van der Waals surface area (Å²) in [6.07, 6.45) is 7.39. The molecular formula is C19H27N7. The molecule has 2 aromatic heterocycles. The zero-order valence-electron chi connectivity index (χ0n) is 15.9. The molecule has 3 heterocycles. The number of rotatable bonds is 4. The van der Waals surface area contributed by atoms with E-state index >= 15 is 0 Å². The van der Waals surface area contributed by atoms with E-state index in [9.17, 15) is 0 Å². The fraction of sp³-hybridized carbons (Fsp3) is 0.579. The zero-order chi connectivity index (χ0) is 18.1. The van der Waals surface area contributed by atoms with Crippen LogP contribution in [0.1, 0.15) is 30.5 Å². The fourth-order valence-corrected chi connectivity index (χ4v) is 3.91. The summed E-state index contributed by atoms with van der Waals surface area (Å²) < 4.78 is 0. The number of piperidine rings is 1. The van der Waals surface area contributed by atoms with E-state index in [1.807, 2.05) is 25.1 Å². The lowest BCUT2D eigenvalue weighted by atomic mass is 10.0. The van der Waals surface area contributed by atoms with Gasteiger partial charge in [0.15, 0.2) is 5.82 Å². The van der Waals surface area contributed by atoms with E-state index in [4.69, 9.17) is 0 Å². The molecule has 0 saturated carbocycles. The molecule has 4 rings (SSSR count). The number of fused-ring (bicyclic) bond motifs is 1. The van der Waals surface area contributed by atoms with Crippen LogP contribution in [0.5, 0.6) is 0 Å². The summed E-state index contributed by atoms with van der Waals surface area (Å²) in [5.41, 5.74) is 2.58. The summed E-state index contributed by atoms with van der Waals surface area (Å²) in [5.74, 6) is 2.93. The van der Waals surface area contributed by atoms with Gasteiger partial charge in [0.1, 0.15) is 18.0 Å². The van der Waals surface area contributed by atoms with Crippen LogP contribution in [0.15, 0.2) is 18.5 Å². The van der Waals surface area contributed by atoms with Gasteiger partial charge in [-0.05, 0) is 43.7 Å². The molecule has 0 aromatic carbocycles. The average Bonchev–Trinajstić information content (AvgIpc) is 3.15. The standard InChI is InChI=1S/C19H27N7/c1-24(2)17-11-18(21-13-20-17)25(3)15-7-5-9-26(12-15)19-10-14-6-4-8-16(14)22-23-19/h10-11,13,15H,4-9,12H2,1-3H3. The van der Waals surface area contributed by atoms with Crippen LogP contribution in [0.3, 0.4) is 0 Å². The Kier molecular flexibility index (Phi) is 4.61. The lowest BCUT2D eigenvalue weighted by molar-refractivity contribution is 0.482. The average molecular weight is 353 g/mol. The summed E-state index contributed by atoms with van der Waals surface area (Å²) >= 11 is 0. The Morgan fingerprint density at radius 1 is 1.00 bits per heavy atom. The lowest BCUT2D eigenvalue weighted by Gasteiger charge is -2.38. The van der Waals surface area contributed by atoms with Crippen molar-refractivity contribution in [3.63, 3.8) is 0 Å². The normalized spacial score (nSPS) is 19.3. The Labute approximate surface area is 155 Å². The summed E-state index contributed by atoms with van der Waals surface area (Å²) in [6.45, 7) is 2.00. The van der Waals surface area contributed by atoms with Gasteiger partial charge in [0, 0.05) is 46.3 Å². The van der Waals surface area contributed by atoms with Gasteiger partial charge in [-0.3, -0.25) is 0 Å². The number of nitrogens with zero attached hydrogens (tertiary/aromatic N) is 7. The van der Waals surface area contributed by atoms with Crippen molar-refractivity contribution in [2.45, 2.75) is 38.1 Å². The van der Waals surface area contributed by atoms with Crippen LogP contribution in [0.25, 0.3) is 0 Å². The molecule has 0 N–H and O–H groups in total. The molecular weight excluding hydrogens is 326 g/mol. The predicted molar refractivity (Wildman–Crippen MR) is 104 cm³/mol. The molecule has 1 fully saturated rings. The van der Waals surface area contributed by atoms with Gasteiger partial charge in [-0.1, -0.05) is 0 Å². The summed E-state index contributed by atoms with van der Waals surface area (Å²) in [7, 11) is 6.13. The van der Waals surface area contributed by atoms with Crippen LogP contribution in [-0.2, 0) is 12.8 Å². The molecule has 7 nitrogen and oxygen atoms in total. The number of hydrogen-bond acceptors (Lipinski definition) is 7. The Balaban J connectivity index is 1.50. The second-order valence-corrected chi connectivity index (χ2v) is 7.51. The molecule has 1 atom stereocenters. The molecule has 0 radical (unpaired) electrons. The fourth-order valence-electron chi connectivity index (χ4n) is 3.91. The Morgan fingerprint density at radius 2 is 1.85 bits per heavy atom. The van der Waals surface area contributed by atoms with E-state index in [-0.39, 0.29) is 0 Å². The van der Waals surface area contributed by atoms with Crippen molar-refractivity contribution in [1.29, 1.82) is 0 Å². The summed E-state index contributed by atoms with van der Waals surface area (Å²) in [6, 6.07) is 4.71. The molecule has 2 aliphatic rings. The topological polar surface area (TPSA) is 61.3 Å². The van der Waals surface area contributed by atoms with Crippen molar-refractivity contribution >= 4 is 17.5 Å². The Morgan fingerprint density at radius 3 is 2.69 bits per heavy atom.